The second kappa shape index (κ2) is 11.0. The van der Waals surface area contributed by atoms with Crippen molar-refractivity contribution in [1.82, 2.24) is 9.55 Å². The molecule has 31 heavy (non-hydrogen) atoms. The van der Waals surface area contributed by atoms with Gasteiger partial charge in [-0.15, -0.1) is 19.0 Å². The number of aromatic nitrogens is 2. The zero-order chi connectivity index (χ0) is 21.7. The summed E-state index contributed by atoms with van der Waals surface area (Å²) in [6.07, 6.45) is 4.84. The SMILES string of the molecule is C=CCn1c(C)c(C)c2nccc(N(Cc3ccc(F)cc3)C(=O)OCCCC)c21.Cl. The maximum atomic E-state index is 13.4. The molecule has 0 aliphatic rings. The summed E-state index contributed by atoms with van der Waals surface area (Å²) in [7, 11) is 0. The maximum absolute atomic E-state index is 13.4. The second-order valence-electron chi connectivity index (χ2n) is 7.32. The average molecular weight is 446 g/mol. The molecule has 2 aromatic heterocycles. The number of nitrogens with zero attached hydrogens (tertiary/aromatic N) is 3. The minimum absolute atomic E-state index is 0. The third-order valence-electron chi connectivity index (χ3n) is 5.28. The van der Waals surface area contributed by atoms with Crippen molar-refractivity contribution < 1.29 is 13.9 Å². The van der Waals surface area contributed by atoms with Crippen LogP contribution in [0.5, 0.6) is 0 Å². The molecule has 0 bridgehead atoms. The van der Waals surface area contributed by atoms with Crippen molar-refractivity contribution in [2.45, 2.75) is 46.7 Å². The minimum Gasteiger partial charge on any atom is -0.449 e. The Morgan fingerprint density at radius 2 is 1.97 bits per heavy atom. The Balaban J connectivity index is 0.00000341. The Hall–Kier alpha value is -2.86. The van der Waals surface area contributed by atoms with Gasteiger partial charge in [-0.25, -0.2) is 9.18 Å². The van der Waals surface area contributed by atoms with E-state index in [4.69, 9.17) is 4.74 Å². The standard InChI is InChI=1S/C24H28FN3O2.ClH/c1-5-7-15-30-24(29)28(16-19-8-10-20(25)11-9-19)21-12-13-26-22-17(3)18(4)27(14-6-2)23(21)22;/h6,8-13H,2,5,7,14-16H2,1,3-4H3;1H. The van der Waals surface area contributed by atoms with Crippen molar-refractivity contribution in [2.24, 2.45) is 0 Å². The van der Waals surface area contributed by atoms with E-state index in [-0.39, 0.29) is 24.8 Å². The number of amides is 1. The molecule has 5 nitrogen and oxygen atoms in total. The van der Waals surface area contributed by atoms with Crippen LogP contribution in [0.2, 0.25) is 0 Å². The molecule has 166 valence electrons. The summed E-state index contributed by atoms with van der Waals surface area (Å²) in [4.78, 5) is 19.2. The van der Waals surface area contributed by atoms with Gasteiger partial charge < -0.3 is 9.30 Å². The van der Waals surface area contributed by atoms with E-state index in [9.17, 15) is 9.18 Å². The lowest BCUT2D eigenvalue weighted by molar-refractivity contribution is 0.151. The van der Waals surface area contributed by atoms with E-state index in [0.717, 1.165) is 40.7 Å². The first-order valence-electron chi connectivity index (χ1n) is 10.2. The average Bonchev–Trinajstić information content (AvgIpc) is 2.99. The van der Waals surface area contributed by atoms with Crippen LogP contribution in [0.1, 0.15) is 36.6 Å². The third-order valence-corrected chi connectivity index (χ3v) is 5.28. The Bertz CT molecular complexity index is 1050. The number of aryl methyl sites for hydroxylation is 1. The van der Waals surface area contributed by atoms with Gasteiger partial charge in [0.25, 0.3) is 0 Å². The quantitative estimate of drug-likeness (QED) is 0.300. The van der Waals surface area contributed by atoms with Gasteiger partial charge in [0.1, 0.15) is 5.82 Å². The molecule has 0 saturated heterocycles. The number of carbonyl (C=O) groups excluding carboxylic acids is 1. The zero-order valence-corrected chi connectivity index (χ0v) is 19.0. The predicted molar refractivity (Wildman–Crippen MR) is 125 cm³/mol. The fourth-order valence-corrected chi connectivity index (χ4v) is 3.50. The molecule has 7 heteroatoms. The first-order chi connectivity index (χ1) is 14.5. The number of pyridine rings is 1. The topological polar surface area (TPSA) is 47.4 Å². The number of ether oxygens (including phenoxy) is 1. The van der Waals surface area contributed by atoms with Crippen molar-refractivity contribution in [3.63, 3.8) is 0 Å². The summed E-state index contributed by atoms with van der Waals surface area (Å²) in [6.45, 7) is 11.2. The summed E-state index contributed by atoms with van der Waals surface area (Å²) in [6, 6.07) is 7.98. The molecule has 0 fully saturated rings. The van der Waals surface area contributed by atoms with Gasteiger partial charge in [-0.05, 0) is 49.6 Å². The normalized spacial score (nSPS) is 10.6. The van der Waals surface area contributed by atoms with Gasteiger partial charge in [0.05, 0.1) is 29.9 Å². The summed E-state index contributed by atoms with van der Waals surface area (Å²) < 4.78 is 21.0. The number of hydrogen-bond acceptors (Lipinski definition) is 3. The molecular weight excluding hydrogens is 417 g/mol. The van der Waals surface area contributed by atoms with E-state index in [1.165, 1.54) is 12.1 Å². The molecule has 1 aromatic carbocycles. The van der Waals surface area contributed by atoms with Gasteiger partial charge >= 0.3 is 6.09 Å². The van der Waals surface area contributed by atoms with Gasteiger partial charge in [0.2, 0.25) is 0 Å². The highest BCUT2D eigenvalue weighted by molar-refractivity contribution is 6.00. The monoisotopic (exact) mass is 445 g/mol. The fourth-order valence-electron chi connectivity index (χ4n) is 3.50. The Labute approximate surface area is 188 Å². The van der Waals surface area contributed by atoms with Crippen LogP contribution in [0.3, 0.4) is 0 Å². The van der Waals surface area contributed by atoms with Crippen LogP contribution in [0.15, 0.2) is 49.2 Å². The number of rotatable bonds is 8. The van der Waals surface area contributed by atoms with Crippen molar-refractivity contribution in [3.05, 3.63) is 71.8 Å². The molecule has 0 radical (unpaired) electrons. The van der Waals surface area contributed by atoms with Gasteiger partial charge in [-0.2, -0.15) is 0 Å². The van der Waals surface area contributed by atoms with E-state index < -0.39 is 6.09 Å². The largest absolute Gasteiger partial charge is 0.449 e. The predicted octanol–water partition coefficient (Wildman–Crippen LogP) is 6.34. The van der Waals surface area contributed by atoms with Gasteiger partial charge in [0, 0.05) is 18.4 Å². The minimum atomic E-state index is -0.429. The number of anilines is 1. The molecule has 0 spiro atoms. The van der Waals surface area contributed by atoms with E-state index in [1.54, 1.807) is 23.2 Å². The van der Waals surface area contributed by atoms with Gasteiger partial charge in [-0.3, -0.25) is 9.88 Å². The second-order valence-corrected chi connectivity index (χ2v) is 7.32. The summed E-state index contributed by atoms with van der Waals surface area (Å²) in [5.41, 5.74) is 5.37. The molecule has 3 rings (SSSR count). The lowest BCUT2D eigenvalue weighted by atomic mass is 10.2. The molecule has 0 saturated carbocycles. The lowest BCUT2D eigenvalue weighted by Gasteiger charge is -2.24. The maximum Gasteiger partial charge on any atom is 0.414 e. The molecular formula is C24H29ClFN3O2. The molecule has 0 N–H and O–H groups in total. The zero-order valence-electron chi connectivity index (χ0n) is 18.2. The number of unbranched alkanes of at least 4 members (excludes halogenated alkanes) is 1. The highest BCUT2D eigenvalue weighted by Gasteiger charge is 2.24. The number of hydrogen-bond donors (Lipinski definition) is 0. The Kier molecular flexibility index (Phi) is 8.63. The van der Waals surface area contributed by atoms with Crippen molar-refractivity contribution in [2.75, 3.05) is 11.5 Å². The number of allylic oxidation sites excluding steroid dienone is 1. The van der Waals surface area contributed by atoms with E-state index in [0.29, 0.717) is 18.8 Å². The molecule has 3 aromatic rings. The van der Waals surface area contributed by atoms with Crippen LogP contribution in [-0.4, -0.2) is 22.3 Å². The van der Waals surface area contributed by atoms with E-state index >= 15 is 0 Å². The number of halogens is 2. The lowest BCUT2D eigenvalue weighted by Crippen LogP contribution is -2.32. The smallest absolute Gasteiger partial charge is 0.414 e. The van der Waals surface area contributed by atoms with Crippen molar-refractivity contribution in [3.8, 4) is 0 Å². The van der Waals surface area contributed by atoms with Crippen LogP contribution in [0.4, 0.5) is 14.9 Å². The molecule has 0 unspecified atom stereocenters. The van der Waals surface area contributed by atoms with Crippen LogP contribution < -0.4 is 4.90 Å². The van der Waals surface area contributed by atoms with Crippen LogP contribution in [0, 0.1) is 19.7 Å². The highest BCUT2D eigenvalue weighted by atomic mass is 35.5. The Morgan fingerprint density at radius 1 is 1.26 bits per heavy atom. The van der Waals surface area contributed by atoms with Crippen molar-refractivity contribution >= 4 is 35.2 Å². The molecule has 0 aliphatic carbocycles. The van der Waals surface area contributed by atoms with Crippen molar-refractivity contribution in [1.29, 1.82) is 0 Å². The molecule has 1 amide bonds. The Morgan fingerprint density at radius 3 is 2.61 bits per heavy atom. The van der Waals surface area contributed by atoms with Gasteiger partial charge in [-0.1, -0.05) is 31.6 Å². The molecule has 2 heterocycles. The first-order valence-corrected chi connectivity index (χ1v) is 10.2. The fraction of sp³-hybridized carbons (Fsp3) is 0.333. The number of carbonyl (C=O) groups is 1. The molecule has 0 aliphatic heterocycles. The first kappa shape index (κ1) is 24.4. The summed E-state index contributed by atoms with van der Waals surface area (Å²) >= 11 is 0. The summed E-state index contributed by atoms with van der Waals surface area (Å²) in [5.74, 6) is -0.312. The molecule has 0 atom stereocenters. The van der Waals surface area contributed by atoms with E-state index in [2.05, 4.69) is 16.1 Å². The van der Waals surface area contributed by atoms with Crippen LogP contribution in [-0.2, 0) is 17.8 Å². The van der Waals surface area contributed by atoms with E-state index in [1.807, 2.05) is 32.9 Å². The third kappa shape index (κ3) is 5.25. The summed E-state index contributed by atoms with van der Waals surface area (Å²) in [5, 5.41) is 0. The highest BCUT2D eigenvalue weighted by Crippen LogP contribution is 2.33. The van der Waals surface area contributed by atoms with Gasteiger partial charge in [0.15, 0.2) is 0 Å². The van der Waals surface area contributed by atoms with Crippen LogP contribution >= 0.6 is 12.4 Å². The number of fused-ring (bicyclic) bond motifs is 1. The number of benzene rings is 1. The van der Waals surface area contributed by atoms with Crippen LogP contribution in [0.25, 0.3) is 11.0 Å².